The van der Waals surface area contributed by atoms with E-state index in [1.807, 2.05) is 6.92 Å². The van der Waals surface area contributed by atoms with Crippen LogP contribution in [0.25, 0.3) is 0 Å². The first kappa shape index (κ1) is 13.0. The maximum absolute atomic E-state index is 13.4. The van der Waals surface area contributed by atoms with E-state index in [4.69, 9.17) is 0 Å². The molecule has 1 heterocycles. The third-order valence-corrected chi connectivity index (χ3v) is 3.24. The van der Waals surface area contributed by atoms with Gasteiger partial charge in [-0.2, -0.15) is 0 Å². The van der Waals surface area contributed by atoms with Crippen molar-refractivity contribution in [1.82, 2.24) is 5.32 Å². The minimum atomic E-state index is -0.631. The fraction of sp³-hybridized carbons (Fsp3) is 0.462. The molecule has 1 aromatic rings. The molecule has 1 fully saturated rings. The molecule has 0 radical (unpaired) electrons. The van der Waals surface area contributed by atoms with Gasteiger partial charge in [-0.25, -0.2) is 8.78 Å². The summed E-state index contributed by atoms with van der Waals surface area (Å²) < 4.78 is 26.4. The Hall–Kier alpha value is -1.49. The molecule has 98 valence electrons. The molecule has 0 aliphatic carbocycles. The third kappa shape index (κ3) is 2.85. The van der Waals surface area contributed by atoms with Crippen LogP contribution in [0, 0.1) is 17.6 Å². The second-order valence-corrected chi connectivity index (χ2v) is 4.66. The number of nitrogens with one attached hydrogen (secondary N) is 2. The lowest BCUT2D eigenvalue weighted by Crippen LogP contribution is -2.48. The Kier molecular flexibility index (Phi) is 3.91. The van der Waals surface area contributed by atoms with Gasteiger partial charge in [-0.05, 0) is 37.4 Å². The number of piperidine rings is 1. The molecule has 5 heteroatoms. The van der Waals surface area contributed by atoms with E-state index in [-0.39, 0.29) is 23.6 Å². The molecule has 1 amide bonds. The summed E-state index contributed by atoms with van der Waals surface area (Å²) >= 11 is 0. The lowest BCUT2D eigenvalue weighted by Gasteiger charge is -2.28. The highest BCUT2D eigenvalue weighted by molar-refractivity contribution is 5.95. The van der Waals surface area contributed by atoms with Gasteiger partial charge in [-0.3, -0.25) is 4.79 Å². The number of anilines is 1. The van der Waals surface area contributed by atoms with E-state index in [0.29, 0.717) is 0 Å². The van der Waals surface area contributed by atoms with Crippen molar-refractivity contribution in [3.8, 4) is 0 Å². The second-order valence-electron chi connectivity index (χ2n) is 4.66. The largest absolute Gasteiger partial charge is 0.322 e. The number of benzene rings is 1. The molecule has 0 spiro atoms. The van der Waals surface area contributed by atoms with E-state index in [0.717, 1.165) is 37.6 Å². The fourth-order valence-electron chi connectivity index (χ4n) is 2.20. The topological polar surface area (TPSA) is 41.1 Å². The van der Waals surface area contributed by atoms with Crippen LogP contribution >= 0.6 is 0 Å². The van der Waals surface area contributed by atoms with Crippen LogP contribution in [0.3, 0.4) is 0 Å². The van der Waals surface area contributed by atoms with Crippen LogP contribution in [-0.4, -0.2) is 18.5 Å². The Morgan fingerprint density at radius 2 is 2.22 bits per heavy atom. The van der Waals surface area contributed by atoms with Crippen molar-refractivity contribution in [2.24, 2.45) is 5.92 Å². The molecule has 1 aliphatic heterocycles. The van der Waals surface area contributed by atoms with Gasteiger partial charge in [-0.1, -0.05) is 6.92 Å². The predicted octanol–water partition coefficient (Wildman–Crippen LogP) is 2.29. The van der Waals surface area contributed by atoms with E-state index in [1.165, 1.54) is 0 Å². The number of halogens is 2. The summed E-state index contributed by atoms with van der Waals surface area (Å²) in [6.07, 6.45) is 1.98. The van der Waals surface area contributed by atoms with E-state index in [1.54, 1.807) is 0 Å². The first-order chi connectivity index (χ1) is 8.58. The van der Waals surface area contributed by atoms with Gasteiger partial charge in [0.25, 0.3) is 0 Å². The van der Waals surface area contributed by atoms with Crippen molar-refractivity contribution < 1.29 is 13.6 Å². The SMILES string of the molecule is CC1CCCNC1C(=O)Nc1cc(F)ccc1F. The number of carbonyl (C=O) groups excluding carboxylic acids is 1. The minimum absolute atomic E-state index is 0.112. The lowest BCUT2D eigenvalue weighted by atomic mass is 9.92. The zero-order valence-electron chi connectivity index (χ0n) is 10.2. The molecule has 2 unspecified atom stereocenters. The van der Waals surface area contributed by atoms with Crippen LogP contribution in [-0.2, 0) is 4.79 Å². The summed E-state index contributed by atoms with van der Waals surface area (Å²) in [4.78, 5) is 12.0. The molecule has 18 heavy (non-hydrogen) atoms. The Balaban J connectivity index is 2.08. The highest BCUT2D eigenvalue weighted by Crippen LogP contribution is 2.19. The van der Waals surface area contributed by atoms with Crippen LogP contribution in [0.2, 0.25) is 0 Å². The summed E-state index contributed by atoms with van der Waals surface area (Å²) in [6, 6.07) is 2.66. The monoisotopic (exact) mass is 254 g/mol. The van der Waals surface area contributed by atoms with Gasteiger partial charge >= 0.3 is 0 Å². The van der Waals surface area contributed by atoms with E-state index in [2.05, 4.69) is 10.6 Å². The molecule has 2 N–H and O–H groups in total. The van der Waals surface area contributed by atoms with E-state index >= 15 is 0 Å². The highest BCUT2D eigenvalue weighted by atomic mass is 19.1. The molecule has 2 atom stereocenters. The smallest absolute Gasteiger partial charge is 0.241 e. The highest BCUT2D eigenvalue weighted by Gasteiger charge is 2.27. The number of hydrogen-bond donors (Lipinski definition) is 2. The third-order valence-electron chi connectivity index (χ3n) is 3.24. The minimum Gasteiger partial charge on any atom is -0.322 e. The van der Waals surface area contributed by atoms with Gasteiger partial charge in [0.15, 0.2) is 0 Å². The van der Waals surface area contributed by atoms with Crippen LogP contribution in [0.1, 0.15) is 19.8 Å². The molecule has 2 rings (SSSR count). The summed E-state index contributed by atoms with van der Waals surface area (Å²) in [5.74, 6) is -1.33. The van der Waals surface area contributed by atoms with Crippen LogP contribution in [0.4, 0.5) is 14.5 Å². The quantitative estimate of drug-likeness (QED) is 0.850. The van der Waals surface area contributed by atoms with Gasteiger partial charge in [0, 0.05) is 6.07 Å². The molecular weight excluding hydrogens is 238 g/mol. The van der Waals surface area contributed by atoms with E-state index in [9.17, 15) is 13.6 Å². The maximum Gasteiger partial charge on any atom is 0.241 e. The zero-order chi connectivity index (χ0) is 13.1. The van der Waals surface area contributed by atoms with Gasteiger partial charge in [0.1, 0.15) is 11.6 Å². The number of hydrogen-bond acceptors (Lipinski definition) is 2. The van der Waals surface area contributed by atoms with Crippen molar-refractivity contribution >= 4 is 11.6 Å². The molecule has 0 saturated carbocycles. The number of rotatable bonds is 2. The van der Waals surface area contributed by atoms with Crippen molar-refractivity contribution in [3.63, 3.8) is 0 Å². The summed E-state index contributed by atoms with van der Waals surface area (Å²) in [7, 11) is 0. The predicted molar refractivity (Wildman–Crippen MR) is 65.2 cm³/mol. The van der Waals surface area contributed by atoms with Crippen molar-refractivity contribution in [2.45, 2.75) is 25.8 Å². The van der Waals surface area contributed by atoms with Gasteiger partial charge in [-0.15, -0.1) is 0 Å². The molecule has 1 saturated heterocycles. The molecule has 0 aromatic heterocycles. The first-order valence-electron chi connectivity index (χ1n) is 6.07. The maximum atomic E-state index is 13.4. The molecule has 1 aromatic carbocycles. The van der Waals surface area contributed by atoms with Gasteiger partial charge in [0.2, 0.25) is 5.91 Å². The second kappa shape index (κ2) is 5.44. The fourth-order valence-corrected chi connectivity index (χ4v) is 2.20. The Labute approximate surface area is 105 Å². The van der Waals surface area contributed by atoms with Gasteiger partial charge < -0.3 is 10.6 Å². The number of carbonyl (C=O) groups is 1. The average molecular weight is 254 g/mol. The Bertz CT molecular complexity index is 451. The van der Waals surface area contributed by atoms with Crippen LogP contribution < -0.4 is 10.6 Å². The summed E-state index contributed by atoms with van der Waals surface area (Å²) in [5.41, 5.74) is -0.112. The molecular formula is C13H16F2N2O. The Morgan fingerprint density at radius 3 is 2.94 bits per heavy atom. The zero-order valence-corrected chi connectivity index (χ0v) is 10.2. The first-order valence-corrected chi connectivity index (χ1v) is 6.07. The van der Waals surface area contributed by atoms with Crippen molar-refractivity contribution in [2.75, 3.05) is 11.9 Å². The standard InChI is InChI=1S/C13H16F2N2O/c1-8-3-2-6-16-12(8)13(18)17-11-7-9(14)4-5-10(11)15/h4-5,7-8,12,16H,2-3,6H2,1H3,(H,17,18). The summed E-state index contributed by atoms with van der Waals surface area (Å²) in [5, 5.41) is 5.53. The van der Waals surface area contributed by atoms with Crippen molar-refractivity contribution in [1.29, 1.82) is 0 Å². The summed E-state index contributed by atoms with van der Waals surface area (Å²) in [6.45, 7) is 2.74. The normalized spacial score (nSPS) is 23.7. The van der Waals surface area contributed by atoms with E-state index < -0.39 is 11.6 Å². The van der Waals surface area contributed by atoms with Crippen molar-refractivity contribution in [3.05, 3.63) is 29.8 Å². The molecule has 1 aliphatic rings. The molecule has 3 nitrogen and oxygen atoms in total. The molecule has 0 bridgehead atoms. The number of amides is 1. The van der Waals surface area contributed by atoms with Crippen LogP contribution in [0.5, 0.6) is 0 Å². The Morgan fingerprint density at radius 1 is 1.44 bits per heavy atom. The van der Waals surface area contributed by atoms with Crippen LogP contribution in [0.15, 0.2) is 18.2 Å². The van der Waals surface area contributed by atoms with Gasteiger partial charge in [0.05, 0.1) is 11.7 Å². The average Bonchev–Trinajstić information content (AvgIpc) is 2.34. The lowest BCUT2D eigenvalue weighted by molar-refractivity contribution is -0.119.